The van der Waals surface area contributed by atoms with Crippen LogP contribution in [0.2, 0.25) is 0 Å². The Kier molecular flexibility index (Phi) is 8.29. The van der Waals surface area contributed by atoms with E-state index in [1.165, 1.54) is 36.6 Å². The fraction of sp³-hybridized carbons (Fsp3) is 0.458. The number of hydrogen-bond acceptors (Lipinski definition) is 5. The Morgan fingerprint density at radius 3 is 2.67 bits per heavy atom. The second-order valence-electron chi connectivity index (χ2n) is 8.05. The third-order valence-corrected chi connectivity index (χ3v) is 6.91. The highest BCUT2D eigenvalue weighted by atomic mass is 32.1. The Hall–Kier alpha value is -2.68. The van der Waals surface area contributed by atoms with Crippen molar-refractivity contribution in [1.82, 2.24) is 4.90 Å². The molecule has 0 unspecified atom stereocenters. The van der Waals surface area contributed by atoms with Crippen LogP contribution in [0, 0.1) is 0 Å². The molecule has 2 aromatic rings. The van der Waals surface area contributed by atoms with Gasteiger partial charge in [-0.25, -0.2) is 4.79 Å². The second-order valence-corrected chi connectivity index (χ2v) is 9.22. The molecule has 0 bridgehead atoms. The molecule has 178 valence electrons. The Balaban J connectivity index is 1.49. The van der Waals surface area contributed by atoms with Gasteiger partial charge in [-0.15, -0.1) is 11.3 Å². The topological polar surface area (TPSA) is 63.7 Å². The van der Waals surface area contributed by atoms with E-state index in [0.717, 1.165) is 17.4 Å². The Morgan fingerprint density at radius 1 is 1.18 bits per heavy atom. The zero-order valence-corrected chi connectivity index (χ0v) is 19.1. The average molecular weight is 482 g/mol. The van der Waals surface area contributed by atoms with Gasteiger partial charge in [0.15, 0.2) is 0 Å². The number of ketones is 1. The number of hydrogen-bond donors (Lipinski definition) is 0. The lowest BCUT2D eigenvalue weighted by Gasteiger charge is -2.24. The summed E-state index contributed by atoms with van der Waals surface area (Å²) >= 11 is 1.36. The van der Waals surface area contributed by atoms with Gasteiger partial charge in [0.2, 0.25) is 5.91 Å². The number of esters is 1. The molecular formula is C24H26F3NO4S. The predicted octanol–water partition coefficient (Wildman–Crippen LogP) is 5.07. The molecule has 1 aliphatic heterocycles. The molecule has 0 radical (unpaired) electrons. The maximum absolute atomic E-state index is 13.1. The monoisotopic (exact) mass is 481 g/mol. The van der Waals surface area contributed by atoms with E-state index < -0.39 is 11.7 Å². The van der Waals surface area contributed by atoms with E-state index >= 15 is 0 Å². The lowest BCUT2D eigenvalue weighted by atomic mass is 9.98. The summed E-state index contributed by atoms with van der Waals surface area (Å²) in [5.74, 6) is -0.597. The Morgan fingerprint density at radius 2 is 1.94 bits per heavy atom. The molecule has 1 aromatic carbocycles. The number of halogens is 3. The first-order valence-corrected chi connectivity index (χ1v) is 11.6. The molecule has 1 atom stereocenters. The number of ether oxygens (including phenoxy) is 1. The van der Waals surface area contributed by atoms with E-state index in [2.05, 4.69) is 0 Å². The average Bonchev–Trinajstić information content (AvgIpc) is 3.38. The molecule has 2 heterocycles. The lowest BCUT2D eigenvalue weighted by Crippen LogP contribution is -2.34. The molecule has 1 aliphatic rings. The van der Waals surface area contributed by atoms with Crippen LogP contribution < -0.4 is 0 Å². The van der Waals surface area contributed by atoms with Crippen LogP contribution in [0.4, 0.5) is 13.2 Å². The summed E-state index contributed by atoms with van der Waals surface area (Å²) in [5, 5.41) is 0. The maximum atomic E-state index is 13.1. The Labute approximate surface area is 194 Å². The molecule has 5 nitrogen and oxygen atoms in total. The van der Waals surface area contributed by atoms with Gasteiger partial charge in [-0.2, -0.15) is 13.2 Å². The van der Waals surface area contributed by atoms with E-state index in [9.17, 15) is 27.6 Å². The second kappa shape index (κ2) is 11.0. The van der Waals surface area contributed by atoms with Gasteiger partial charge in [0.25, 0.3) is 0 Å². The first-order valence-electron chi connectivity index (χ1n) is 10.8. The van der Waals surface area contributed by atoms with Crippen LogP contribution in [-0.4, -0.2) is 42.3 Å². The van der Waals surface area contributed by atoms with Crippen molar-refractivity contribution >= 4 is 29.0 Å². The van der Waals surface area contributed by atoms with Crippen LogP contribution in [-0.2, 0) is 33.3 Å². The third-order valence-electron chi connectivity index (χ3n) is 5.79. The van der Waals surface area contributed by atoms with Gasteiger partial charge < -0.3 is 9.64 Å². The number of nitrogens with zero attached hydrogens (tertiary/aromatic N) is 1. The summed E-state index contributed by atoms with van der Waals surface area (Å²) in [6.45, 7) is 0.542. The molecule has 3 rings (SSSR count). The highest BCUT2D eigenvalue weighted by molar-refractivity contribution is 7.13. The van der Waals surface area contributed by atoms with E-state index in [-0.39, 0.29) is 42.1 Å². The normalized spacial score (nSPS) is 16.3. The van der Waals surface area contributed by atoms with Crippen LogP contribution in [0.3, 0.4) is 0 Å². The largest absolute Gasteiger partial charge is 0.465 e. The molecule has 1 saturated heterocycles. The first-order chi connectivity index (χ1) is 15.7. The van der Waals surface area contributed by atoms with Crippen molar-refractivity contribution in [1.29, 1.82) is 0 Å². The van der Waals surface area contributed by atoms with Crippen LogP contribution in [0.15, 0.2) is 36.4 Å². The molecule has 0 spiro atoms. The lowest BCUT2D eigenvalue weighted by molar-refractivity contribution is -0.138. The zero-order chi connectivity index (χ0) is 24.0. The van der Waals surface area contributed by atoms with E-state index in [4.69, 9.17) is 4.74 Å². The van der Waals surface area contributed by atoms with Crippen LogP contribution in [0.1, 0.15) is 57.8 Å². The predicted molar refractivity (Wildman–Crippen MR) is 118 cm³/mol. The van der Waals surface area contributed by atoms with Crippen LogP contribution in [0.5, 0.6) is 0 Å². The number of amides is 1. The maximum Gasteiger partial charge on any atom is 0.416 e. The minimum absolute atomic E-state index is 0.0170. The van der Waals surface area contributed by atoms with Crippen molar-refractivity contribution in [3.63, 3.8) is 0 Å². The summed E-state index contributed by atoms with van der Waals surface area (Å²) in [4.78, 5) is 39.6. The van der Waals surface area contributed by atoms with E-state index in [1.54, 1.807) is 11.0 Å². The Bertz CT molecular complexity index is 1000. The van der Waals surface area contributed by atoms with Gasteiger partial charge in [0.05, 0.1) is 12.7 Å². The molecule has 0 aliphatic carbocycles. The first kappa shape index (κ1) is 25.0. The van der Waals surface area contributed by atoms with Crippen molar-refractivity contribution in [2.45, 2.75) is 57.2 Å². The van der Waals surface area contributed by atoms with Gasteiger partial charge in [0.1, 0.15) is 10.7 Å². The van der Waals surface area contributed by atoms with Gasteiger partial charge in [0, 0.05) is 36.7 Å². The summed E-state index contributed by atoms with van der Waals surface area (Å²) in [7, 11) is 1.33. The molecule has 1 aromatic heterocycles. The molecule has 1 fully saturated rings. The van der Waals surface area contributed by atoms with Crippen LogP contribution >= 0.6 is 11.3 Å². The number of rotatable bonds is 10. The molecule has 0 N–H and O–H groups in total. The number of Topliss-reactive ketones (excluding diaryl/α,β-unsaturated/α-hetero) is 1. The molecule has 33 heavy (non-hydrogen) atoms. The van der Waals surface area contributed by atoms with Gasteiger partial charge in [-0.05, 0) is 49.4 Å². The van der Waals surface area contributed by atoms with Crippen molar-refractivity contribution < 1.29 is 32.3 Å². The highest BCUT2D eigenvalue weighted by Crippen LogP contribution is 2.32. The summed E-state index contributed by atoms with van der Waals surface area (Å²) in [6, 6.07) is 8.65. The number of alkyl halides is 3. The minimum atomic E-state index is -4.49. The number of likely N-dealkylation sites (tertiary alicyclic amines) is 1. The van der Waals surface area contributed by atoms with Crippen LogP contribution in [0.25, 0.3) is 0 Å². The standard InChI is InChI=1S/C24H26F3NO4S/c1-32-23(31)21-12-11-19(33-21)6-4-14-28-17(9-13-22(28)30)8-10-18(29)15-16-5-2-3-7-20(16)24(25,26)27/h2-3,5,7,11-12,17H,4,6,8-10,13-15H2,1H3/t17-/m0/s1. The molecular weight excluding hydrogens is 455 g/mol. The summed E-state index contributed by atoms with van der Waals surface area (Å²) in [6.07, 6.45) is -1.68. The van der Waals surface area contributed by atoms with E-state index in [1.807, 2.05) is 6.07 Å². The number of carbonyl (C=O) groups is 3. The molecule has 9 heteroatoms. The van der Waals surface area contributed by atoms with E-state index in [0.29, 0.717) is 37.1 Å². The van der Waals surface area contributed by atoms with Crippen molar-refractivity contribution in [2.75, 3.05) is 13.7 Å². The van der Waals surface area contributed by atoms with Gasteiger partial charge in [-0.3, -0.25) is 9.59 Å². The molecule has 1 amide bonds. The number of benzene rings is 1. The quantitative estimate of drug-likeness (QED) is 0.445. The van der Waals surface area contributed by atoms with Gasteiger partial charge >= 0.3 is 12.1 Å². The highest BCUT2D eigenvalue weighted by Gasteiger charge is 2.34. The SMILES string of the molecule is COC(=O)c1ccc(CCCN2C(=O)CC[C@@H]2CCC(=O)Cc2ccccc2C(F)(F)F)s1. The fourth-order valence-corrected chi connectivity index (χ4v) is 5.09. The number of aryl methyl sites for hydroxylation is 1. The molecule has 0 saturated carbocycles. The summed E-state index contributed by atoms with van der Waals surface area (Å²) in [5.41, 5.74) is -0.795. The zero-order valence-electron chi connectivity index (χ0n) is 18.3. The minimum Gasteiger partial charge on any atom is -0.465 e. The third kappa shape index (κ3) is 6.66. The smallest absolute Gasteiger partial charge is 0.416 e. The number of methoxy groups -OCH3 is 1. The summed E-state index contributed by atoms with van der Waals surface area (Å²) < 4.78 is 44.1. The number of carbonyl (C=O) groups excluding carboxylic acids is 3. The van der Waals surface area contributed by atoms with Crippen molar-refractivity contribution in [3.05, 3.63) is 57.3 Å². The van der Waals surface area contributed by atoms with Crippen molar-refractivity contribution in [2.24, 2.45) is 0 Å². The number of thiophene rings is 1. The van der Waals surface area contributed by atoms with Gasteiger partial charge in [-0.1, -0.05) is 18.2 Å². The van der Waals surface area contributed by atoms with Crippen molar-refractivity contribution in [3.8, 4) is 0 Å². The fourth-order valence-electron chi connectivity index (χ4n) is 4.13.